The van der Waals surface area contributed by atoms with Gasteiger partial charge in [0.05, 0.1) is 53.0 Å². The number of nitrogens with one attached hydrogen (secondary N) is 3. The second kappa shape index (κ2) is 10.7. The molecule has 1 aliphatic carbocycles. The first-order valence-corrected chi connectivity index (χ1v) is 12.1. The van der Waals surface area contributed by atoms with Gasteiger partial charge in [0.25, 0.3) is 5.91 Å². The molecule has 0 atom stereocenters. The number of hydrogen-bond acceptors (Lipinski definition) is 4. The molecule has 2 heterocycles. The van der Waals surface area contributed by atoms with Crippen LogP contribution in [0.3, 0.4) is 0 Å². The van der Waals surface area contributed by atoms with Crippen molar-refractivity contribution in [1.29, 1.82) is 0 Å². The van der Waals surface area contributed by atoms with E-state index in [9.17, 15) is 4.79 Å². The van der Waals surface area contributed by atoms with Crippen molar-refractivity contribution in [2.24, 2.45) is 0 Å². The number of amides is 1. The third-order valence-electron chi connectivity index (χ3n) is 7.60. The first-order chi connectivity index (χ1) is 15.2. The lowest BCUT2D eigenvalue weighted by molar-refractivity contribution is -0.960. The van der Waals surface area contributed by atoms with E-state index in [1.807, 2.05) is 12.1 Å². The van der Waals surface area contributed by atoms with E-state index in [1.165, 1.54) is 42.7 Å². The number of ether oxygens (including phenoxy) is 2. The van der Waals surface area contributed by atoms with Crippen molar-refractivity contribution in [2.75, 3.05) is 77.6 Å². The highest BCUT2D eigenvalue weighted by Crippen LogP contribution is 2.25. The number of rotatable bonds is 7. The molecule has 172 valence electrons. The molecule has 2 saturated heterocycles. The average molecular weight is 433 g/mol. The van der Waals surface area contributed by atoms with E-state index in [0.29, 0.717) is 6.54 Å². The number of methoxy groups -OCH3 is 1. The molecule has 0 radical (unpaired) electrons. The highest BCUT2D eigenvalue weighted by Gasteiger charge is 2.42. The Labute approximate surface area is 186 Å². The van der Waals surface area contributed by atoms with Gasteiger partial charge in [-0.15, -0.1) is 0 Å². The number of carbonyl (C=O) groups is 1. The van der Waals surface area contributed by atoms with Gasteiger partial charge in [0.2, 0.25) is 0 Å². The molecule has 2 aliphatic heterocycles. The van der Waals surface area contributed by atoms with E-state index in [0.717, 1.165) is 64.8 Å². The van der Waals surface area contributed by atoms with Crippen molar-refractivity contribution in [2.45, 2.75) is 37.6 Å². The van der Waals surface area contributed by atoms with Gasteiger partial charge >= 0.3 is 0 Å². The lowest BCUT2D eigenvalue weighted by atomic mass is 9.79. The van der Waals surface area contributed by atoms with Gasteiger partial charge in [-0.3, -0.25) is 4.79 Å². The number of carbonyl (C=O) groups excluding carboxylic acids is 1. The van der Waals surface area contributed by atoms with Gasteiger partial charge in [-0.25, -0.2) is 0 Å². The topological polar surface area (TPSA) is 59.7 Å². The lowest BCUT2D eigenvalue weighted by Gasteiger charge is -2.45. The minimum absolute atomic E-state index is 0.213. The van der Waals surface area contributed by atoms with Crippen LogP contribution in [0.5, 0.6) is 5.75 Å². The maximum atomic E-state index is 12.8. The van der Waals surface area contributed by atoms with Gasteiger partial charge in [-0.05, 0) is 37.1 Å². The van der Waals surface area contributed by atoms with Crippen LogP contribution < -0.4 is 24.8 Å². The SMILES string of the molecule is COc1ccc(N2CC[NH+](CC(=O)NCC3([NH+]4CCOCC4)CCCCC3)CC2)cc1. The molecule has 1 aromatic rings. The fourth-order valence-corrected chi connectivity index (χ4v) is 5.64. The summed E-state index contributed by atoms with van der Waals surface area (Å²) >= 11 is 0. The van der Waals surface area contributed by atoms with Crippen LogP contribution in [0.15, 0.2) is 24.3 Å². The molecule has 3 aliphatic rings. The molecular weight excluding hydrogens is 392 g/mol. The molecule has 31 heavy (non-hydrogen) atoms. The molecular formula is C24H40N4O3+2. The molecule has 3 fully saturated rings. The van der Waals surface area contributed by atoms with Crippen LogP contribution in [0.4, 0.5) is 5.69 Å². The van der Waals surface area contributed by atoms with Crippen molar-refractivity contribution in [1.82, 2.24) is 5.32 Å². The first kappa shape index (κ1) is 22.4. The number of anilines is 1. The Hall–Kier alpha value is -1.83. The van der Waals surface area contributed by atoms with Crippen LogP contribution in [-0.2, 0) is 9.53 Å². The Kier molecular flexibility index (Phi) is 7.69. The predicted molar refractivity (Wildman–Crippen MR) is 121 cm³/mol. The molecule has 1 aromatic carbocycles. The molecule has 7 nitrogen and oxygen atoms in total. The minimum atomic E-state index is 0.213. The largest absolute Gasteiger partial charge is 0.497 e. The summed E-state index contributed by atoms with van der Waals surface area (Å²) in [6.45, 7) is 9.24. The first-order valence-electron chi connectivity index (χ1n) is 12.1. The van der Waals surface area contributed by atoms with Crippen molar-refractivity contribution < 1.29 is 24.1 Å². The maximum absolute atomic E-state index is 12.8. The summed E-state index contributed by atoms with van der Waals surface area (Å²) in [6, 6.07) is 8.27. The van der Waals surface area contributed by atoms with Crippen molar-refractivity contribution >= 4 is 11.6 Å². The van der Waals surface area contributed by atoms with Crippen molar-refractivity contribution in [3.63, 3.8) is 0 Å². The van der Waals surface area contributed by atoms with E-state index in [4.69, 9.17) is 9.47 Å². The maximum Gasteiger partial charge on any atom is 0.275 e. The van der Waals surface area contributed by atoms with Crippen molar-refractivity contribution in [3.05, 3.63) is 24.3 Å². The number of nitrogens with zero attached hydrogens (tertiary/aromatic N) is 1. The van der Waals surface area contributed by atoms with Gasteiger partial charge in [-0.2, -0.15) is 0 Å². The van der Waals surface area contributed by atoms with E-state index in [1.54, 1.807) is 12.0 Å². The average Bonchev–Trinajstić information content (AvgIpc) is 2.84. The number of benzene rings is 1. The van der Waals surface area contributed by atoms with Crippen LogP contribution in [0, 0.1) is 0 Å². The number of quaternary nitrogens is 2. The fraction of sp³-hybridized carbons (Fsp3) is 0.708. The third-order valence-corrected chi connectivity index (χ3v) is 7.60. The standard InChI is InChI=1S/C24H38N4O3/c1-30-22-7-5-21(6-8-22)27-13-11-26(12-14-27)19-23(29)25-20-24(9-3-2-4-10-24)28-15-17-31-18-16-28/h5-8H,2-4,9-20H2,1H3,(H,25,29)/p+2. The summed E-state index contributed by atoms with van der Waals surface area (Å²) in [7, 11) is 1.69. The van der Waals surface area contributed by atoms with E-state index < -0.39 is 0 Å². The normalized spacial score (nSPS) is 22.8. The fourth-order valence-electron chi connectivity index (χ4n) is 5.64. The van der Waals surface area contributed by atoms with Gasteiger partial charge in [0, 0.05) is 18.5 Å². The van der Waals surface area contributed by atoms with Crippen LogP contribution in [-0.4, -0.2) is 84.1 Å². The summed E-state index contributed by atoms with van der Waals surface area (Å²) in [5, 5.41) is 3.34. The highest BCUT2D eigenvalue weighted by molar-refractivity contribution is 5.76. The van der Waals surface area contributed by atoms with Gasteiger partial charge in [-0.1, -0.05) is 6.42 Å². The second-order valence-electron chi connectivity index (χ2n) is 9.45. The van der Waals surface area contributed by atoms with E-state index in [2.05, 4.69) is 22.3 Å². The van der Waals surface area contributed by atoms with Gasteiger partial charge in [0.1, 0.15) is 24.4 Å². The quantitative estimate of drug-likeness (QED) is 0.525. The monoisotopic (exact) mass is 432 g/mol. The molecule has 0 unspecified atom stereocenters. The molecule has 3 N–H and O–H groups in total. The smallest absolute Gasteiger partial charge is 0.275 e. The van der Waals surface area contributed by atoms with Crippen LogP contribution in [0.2, 0.25) is 0 Å². The van der Waals surface area contributed by atoms with E-state index >= 15 is 0 Å². The molecule has 1 amide bonds. The van der Waals surface area contributed by atoms with Crippen molar-refractivity contribution in [3.8, 4) is 5.75 Å². The molecule has 1 saturated carbocycles. The Morgan fingerprint density at radius 2 is 1.74 bits per heavy atom. The van der Waals surface area contributed by atoms with Crippen LogP contribution in [0.25, 0.3) is 0 Å². The molecule has 0 aromatic heterocycles. The van der Waals surface area contributed by atoms with Crippen LogP contribution >= 0.6 is 0 Å². The third kappa shape index (κ3) is 5.70. The zero-order valence-electron chi connectivity index (χ0n) is 19.1. The zero-order valence-corrected chi connectivity index (χ0v) is 19.1. The molecule has 7 heteroatoms. The molecule has 4 rings (SSSR count). The van der Waals surface area contributed by atoms with Gasteiger partial charge in [0.15, 0.2) is 6.54 Å². The molecule has 0 spiro atoms. The van der Waals surface area contributed by atoms with Crippen LogP contribution in [0.1, 0.15) is 32.1 Å². The lowest BCUT2D eigenvalue weighted by Crippen LogP contribution is -3.23. The number of hydrogen-bond donors (Lipinski definition) is 3. The highest BCUT2D eigenvalue weighted by atomic mass is 16.5. The molecule has 0 bridgehead atoms. The van der Waals surface area contributed by atoms with Gasteiger partial charge < -0.3 is 29.5 Å². The Balaban J connectivity index is 1.24. The summed E-state index contributed by atoms with van der Waals surface area (Å²) < 4.78 is 10.8. The summed E-state index contributed by atoms with van der Waals surface area (Å²) in [4.78, 5) is 18.2. The second-order valence-corrected chi connectivity index (χ2v) is 9.45. The number of morpholine rings is 1. The summed E-state index contributed by atoms with van der Waals surface area (Å²) in [5.74, 6) is 1.10. The Morgan fingerprint density at radius 1 is 1.06 bits per heavy atom. The summed E-state index contributed by atoms with van der Waals surface area (Å²) in [6.07, 6.45) is 6.38. The van der Waals surface area contributed by atoms with E-state index in [-0.39, 0.29) is 11.4 Å². The minimum Gasteiger partial charge on any atom is -0.497 e. The Morgan fingerprint density at radius 3 is 2.39 bits per heavy atom. The predicted octanol–water partition coefficient (Wildman–Crippen LogP) is -0.866. The number of piperazine rings is 1. The Bertz CT molecular complexity index is 691. The summed E-state index contributed by atoms with van der Waals surface area (Å²) in [5.41, 5.74) is 1.46. The zero-order chi connectivity index (χ0) is 21.5.